The van der Waals surface area contributed by atoms with E-state index in [-0.39, 0.29) is 41.9 Å². The quantitative estimate of drug-likeness (QED) is 0.592. The van der Waals surface area contributed by atoms with Gasteiger partial charge in [0.2, 0.25) is 5.56 Å². The average Bonchev–Trinajstić information content (AvgIpc) is 2.68. The largest absolute Gasteiger partial charge is 0.504 e. The van der Waals surface area contributed by atoms with Crippen LogP contribution in [0.1, 0.15) is 41.1 Å². The van der Waals surface area contributed by atoms with Crippen molar-refractivity contribution in [3.8, 4) is 11.5 Å². The molecule has 1 heterocycles. The molecule has 0 unspecified atom stereocenters. The summed E-state index contributed by atoms with van der Waals surface area (Å²) in [7, 11) is 1.45. The van der Waals surface area contributed by atoms with Crippen LogP contribution in [0, 0.1) is 5.92 Å². The maximum atomic E-state index is 12.0. The normalized spacial score (nSPS) is 25.3. The van der Waals surface area contributed by atoms with Crippen LogP contribution >= 0.6 is 24.0 Å². The lowest BCUT2D eigenvalue weighted by molar-refractivity contribution is 0.316. The fourth-order valence-electron chi connectivity index (χ4n) is 4.70. The van der Waals surface area contributed by atoms with Crippen molar-refractivity contribution < 1.29 is 14.0 Å². The van der Waals surface area contributed by atoms with E-state index in [2.05, 4.69) is 16.4 Å². The van der Waals surface area contributed by atoms with E-state index in [0.717, 1.165) is 22.4 Å². The minimum Gasteiger partial charge on any atom is -0.504 e. The van der Waals surface area contributed by atoms with Crippen molar-refractivity contribution in [2.75, 3.05) is 7.11 Å². The molecule has 0 saturated carbocycles. The maximum absolute atomic E-state index is 12.0. The number of aromatic nitrogens is 1. The number of H-pyrrole nitrogens is 1. The Labute approximate surface area is 191 Å². The van der Waals surface area contributed by atoms with Crippen molar-refractivity contribution in [3.63, 3.8) is 0 Å². The van der Waals surface area contributed by atoms with Crippen LogP contribution < -0.4 is 15.6 Å². The van der Waals surface area contributed by atoms with Crippen LogP contribution in [0.5, 0.6) is 11.5 Å². The van der Waals surface area contributed by atoms with Gasteiger partial charge in [0, 0.05) is 45.0 Å². The molecule has 3 N–H and O–H groups in total. The number of aromatic hydroxyl groups is 1. The van der Waals surface area contributed by atoms with E-state index in [1.807, 2.05) is 6.92 Å². The zero-order valence-electron chi connectivity index (χ0n) is 19.7. The molecule has 0 spiro atoms. The molecule has 2 bridgehead atoms. The molecule has 160 valence electrons. The standard InChI is InChI=1S/C23H25ClN2O3.ClH/c1-4-17-14-7-13(2)11-23(17,18-5-6-21(27)26-19(18)9-14)25-12-15-8-16(24)10-20(29-3)22(15)28;/h4-8,10,14,25,28H,9,11-12H2,1-3H3,(H,26,27);1H/t14-,23+;/m0./s1/i1D3;. The summed E-state index contributed by atoms with van der Waals surface area (Å²) >= 11 is 6.21. The van der Waals surface area contributed by atoms with Crippen molar-refractivity contribution >= 4 is 24.0 Å². The van der Waals surface area contributed by atoms with Gasteiger partial charge < -0.3 is 14.8 Å². The summed E-state index contributed by atoms with van der Waals surface area (Å²) in [5.74, 6) is 0.0695. The number of halogens is 2. The van der Waals surface area contributed by atoms with Gasteiger partial charge in [0.1, 0.15) is 0 Å². The molecule has 1 aromatic carbocycles. The van der Waals surface area contributed by atoms with E-state index in [9.17, 15) is 9.90 Å². The van der Waals surface area contributed by atoms with Gasteiger partial charge in [-0.3, -0.25) is 10.1 Å². The third-order valence-electron chi connectivity index (χ3n) is 5.88. The second-order valence-corrected chi connectivity index (χ2v) is 8.13. The Hall–Kier alpha value is -2.21. The van der Waals surface area contributed by atoms with Gasteiger partial charge in [-0.25, -0.2) is 0 Å². The summed E-state index contributed by atoms with van der Waals surface area (Å²) in [6.45, 7) is -0.0352. The van der Waals surface area contributed by atoms with Crippen molar-refractivity contribution in [2.24, 2.45) is 5.92 Å². The fourth-order valence-corrected chi connectivity index (χ4v) is 4.93. The highest BCUT2D eigenvalue weighted by atomic mass is 35.5. The maximum Gasteiger partial charge on any atom is 0.248 e. The lowest BCUT2D eigenvalue weighted by Crippen LogP contribution is -2.51. The minimum absolute atomic E-state index is 0. The number of rotatable bonds is 4. The number of hydrogen-bond donors (Lipinski definition) is 3. The molecule has 0 amide bonds. The summed E-state index contributed by atoms with van der Waals surface area (Å²) < 4.78 is 28.9. The number of methoxy groups -OCH3 is 1. The third-order valence-corrected chi connectivity index (χ3v) is 6.10. The van der Waals surface area contributed by atoms with E-state index in [1.54, 1.807) is 12.1 Å². The molecular formula is C23H26Cl2N2O3. The number of phenols is 1. The monoisotopic (exact) mass is 451 g/mol. The number of phenolic OH excluding ortho intramolecular Hbond substituents is 1. The van der Waals surface area contributed by atoms with Crippen LogP contribution in [0.15, 0.2) is 52.4 Å². The summed E-state index contributed by atoms with van der Waals surface area (Å²) in [4.78, 5) is 14.9. The predicted molar refractivity (Wildman–Crippen MR) is 122 cm³/mol. The Morgan fingerprint density at radius 1 is 1.47 bits per heavy atom. The first-order valence-corrected chi connectivity index (χ1v) is 9.84. The summed E-state index contributed by atoms with van der Waals surface area (Å²) in [6, 6.07) is 6.41. The molecule has 5 nitrogen and oxygen atoms in total. The van der Waals surface area contributed by atoms with Gasteiger partial charge in [0.05, 0.1) is 12.6 Å². The number of fused-ring (bicyclic) bond motifs is 4. The lowest BCUT2D eigenvalue weighted by atomic mass is 9.63. The zero-order chi connectivity index (χ0) is 23.3. The molecular weight excluding hydrogens is 423 g/mol. The van der Waals surface area contributed by atoms with Gasteiger partial charge in [-0.05, 0) is 49.9 Å². The number of aromatic amines is 1. The Morgan fingerprint density at radius 2 is 2.27 bits per heavy atom. The molecule has 0 radical (unpaired) electrons. The predicted octanol–water partition coefficient (Wildman–Crippen LogP) is 4.62. The molecule has 0 aliphatic heterocycles. The smallest absolute Gasteiger partial charge is 0.248 e. The summed E-state index contributed by atoms with van der Waals surface area (Å²) in [5, 5.41) is 14.6. The molecule has 2 aliphatic carbocycles. The van der Waals surface area contributed by atoms with E-state index >= 15 is 0 Å². The van der Waals surface area contributed by atoms with E-state index in [0.29, 0.717) is 23.4 Å². The third kappa shape index (κ3) is 3.66. The Kier molecular flexibility index (Phi) is 5.25. The number of nitrogens with one attached hydrogen (secondary N) is 2. The Balaban J connectivity index is 0.00000306. The molecule has 7 heteroatoms. The van der Waals surface area contributed by atoms with Gasteiger partial charge in [-0.15, -0.1) is 12.4 Å². The van der Waals surface area contributed by atoms with Crippen molar-refractivity contribution in [3.05, 3.63) is 79.8 Å². The van der Waals surface area contributed by atoms with E-state index < -0.39 is 12.4 Å². The second-order valence-electron chi connectivity index (χ2n) is 7.69. The number of allylic oxidation sites excluding steroid dienone is 2. The van der Waals surface area contributed by atoms with Crippen LogP contribution in [0.3, 0.4) is 0 Å². The van der Waals surface area contributed by atoms with Crippen LogP contribution in [-0.4, -0.2) is 17.2 Å². The highest BCUT2D eigenvalue weighted by Gasteiger charge is 2.46. The van der Waals surface area contributed by atoms with Gasteiger partial charge in [-0.1, -0.05) is 29.3 Å². The molecule has 4 rings (SSSR count). The minimum atomic E-state index is -2.26. The van der Waals surface area contributed by atoms with E-state index in [4.69, 9.17) is 20.5 Å². The molecule has 30 heavy (non-hydrogen) atoms. The summed E-state index contributed by atoms with van der Waals surface area (Å²) in [6.07, 6.45) is 4.49. The number of hydrogen-bond acceptors (Lipinski definition) is 4. The molecule has 0 saturated heterocycles. The molecule has 1 aromatic heterocycles. The topological polar surface area (TPSA) is 74.3 Å². The SMILES string of the molecule is Cl.[2H]C([2H])([2H])C=C1[C@H]2C=C(C)C[C@]1(NCc1cc(Cl)cc(OC)c1O)c1ccc(=O)[nH]c1C2. The van der Waals surface area contributed by atoms with Gasteiger partial charge in [0.15, 0.2) is 11.5 Å². The summed E-state index contributed by atoms with van der Waals surface area (Å²) in [5.41, 5.74) is 2.97. The van der Waals surface area contributed by atoms with Crippen LogP contribution in [-0.2, 0) is 18.5 Å². The zero-order valence-corrected chi connectivity index (χ0v) is 18.3. The van der Waals surface area contributed by atoms with Gasteiger partial charge in [0.25, 0.3) is 0 Å². The van der Waals surface area contributed by atoms with Crippen molar-refractivity contribution in [1.29, 1.82) is 0 Å². The van der Waals surface area contributed by atoms with Crippen molar-refractivity contribution in [1.82, 2.24) is 10.3 Å². The molecule has 2 aliphatic rings. The Bertz CT molecular complexity index is 1190. The van der Waals surface area contributed by atoms with Crippen molar-refractivity contribution in [2.45, 2.75) is 38.7 Å². The van der Waals surface area contributed by atoms with Gasteiger partial charge >= 0.3 is 0 Å². The highest BCUT2D eigenvalue weighted by molar-refractivity contribution is 6.30. The number of benzene rings is 1. The van der Waals surface area contributed by atoms with E-state index in [1.165, 1.54) is 25.3 Å². The first-order chi connectivity index (χ1) is 15.0. The molecule has 0 fully saturated rings. The highest BCUT2D eigenvalue weighted by Crippen LogP contribution is 2.49. The first kappa shape index (κ1) is 18.6. The van der Waals surface area contributed by atoms with Gasteiger partial charge in [-0.2, -0.15) is 0 Å². The molecule has 2 atom stereocenters. The second kappa shape index (κ2) is 8.50. The fraction of sp³-hybridized carbons (Fsp3) is 0.348. The van der Waals surface area contributed by atoms with Crippen LogP contribution in [0.25, 0.3) is 0 Å². The Morgan fingerprint density at radius 3 is 3.00 bits per heavy atom. The average molecular weight is 452 g/mol. The van der Waals surface area contributed by atoms with Crippen LogP contribution in [0.2, 0.25) is 5.02 Å². The number of pyridine rings is 1. The lowest BCUT2D eigenvalue weighted by Gasteiger charge is -2.48. The molecule has 2 aromatic rings. The number of ether oxygens (including phenoxy) is 1. The first-order valence-electron chi connectivity index (χ1n) is 11.0. The van der Waals surface area contributed by atoms with Crippen LogP contribution in [0.4, 0.5) is 0 Å².